The molecule has 1 aromatic rings. The SMILES string of the molecule is O=CCCS(=O)(=O)c1ccccc1F. The molecular formula is C9H9FO3S. The second kappa shape index (κ2) is 4.32. The summed E-state index contributed by atoms with van der Waals surface area (Å²) in [5.41, 5.74) is 0. The number of halogens is 1. The Kier molecular flexibility index (Phi) is 3.35. The molecule has 0 aliphatic heterocycles. The molecular weight excluding hydrogens is 207 g/mol. The summed E-state index contributed by atoms with van der Waals surface area (Å²) in [6.07, 6.45) is 0.384. The van der Waals surface area contributed by atoms with Gasteiger partial charge in [0, 0.05) is 6.42 Å². The van der Waals surface area contributed by atoms with E-state index in [1.165, 1.54) is 18.2 Å². The molecule has 1 rings (SSSR count). The van der Waals surface area contributed by atoms with E-state index < -0.39 is 15.7 Å². The van der Waals surface area contributed by atoms with E-state index in [4.69, 9.17) is 0 Å². The molecule has 0 aromatic heterocycles. The van der Waals surface area contributed by atoms with E-state index in [0.29, 0.717) is 6.29 Å². The highest BCUT2D eigenvalue weighted by Gasteiger charge is 2.17. The zero-order chi connectivity index (χ0) is 10.6. The molecule has 0 fully saturated rings. The minimum absolute atomic E-state index is 0.114. The van der Waals surface area contributed by atoms with Gasteiger partial charge in [0.1, 0.15) is 17.0 Å². The van der Waals surface area contributed by atoms with Crippen LogP contribution in [0.25, 0.3) is 0 Å². The second-order valence-corrected chi connectivity index (χ2v) is 4.78. The summed E-state index contributed by atoms with van der Waals surface area (Å²) >= 11 is 0. The normalized spacial score (nSPS) is 11.2. The van der Waals surface area contributed by atoms with E-state index in [1.54, 1.807) is 0 Å². The third-order valence-electron chi connectivity index (χ3n) is 1.68. The molecule has 0 bridgehead atoms. The van der Waals surface area contributed by atoms with E-state index in [2.05, 4.69) is 0 Å². The van der Waals surface area contributed by atoms with Crippen molar-refractivity contribution in [3.63, 3.8) is 0 Å². The highest BCUT2D eigenvalue weighted by molar-refractivity contribution is 7.91. The third kappa shape index (κ3) is 2.38. The lowest BCUT2D eigenvalue weighted by Crippen LogP contribution is -2.09. The van der Waals surface area contributed by atoms with Crippen LogP contribution in [-0.2, 0) is 14.6 Å². The molecule has 0 saturated heterocycles. The van der Waals surface area contributed by atoms with Crippen molar-refractivity contribution in [1.29, 1.82) is 0 Å². The minimum Gasteiger partial charge on any atom is -0.303 e. The van der Waals surface area contributed by atoms with Crippen LogP contribution in [0.15, 0.2) is 29.2 Å². The molecule has 0 unspecified atom stereocenters. The molecule has 0 heterocycles. The molecule has 5 heteroatoms. The first-order valence-electron chi connectivity index (χ1n) is 3.99. The molecule has 0 spiro atoms. The number of benzene rings is 1. The molecule has 1 aromatic carbocycles. The first-order valence-corrected chi connectivity index (χ1v) is 5.64. The number of sulfone groups is 1. The number of carbonyl (C=O) groups is 1. The van der Waals surface area contributed by atoms with Crippen LogP contribution < -0.4 is 0 Å². The van der Waals surface area contributed by atoms with Crippen LogP contribution in [0, 0.1) is 5.82 Å². The maximum Gasteiger partial charge on any atom is 0.181 e. The van der Waals surface area contributed by atoms with E-state index in [1.807, 2.05) is 0 Å². The third-order valence-corrected chi connectivity index (χ3v) is 3.45. The fourth-order valence-electron chi connectivity index (χ4n) is 1.01. The standard InChI is InChI=1S/C9H9FO3S/c10-8-4-1-2-5-9(8)14(12,13)7-3-6-11/h1-2,4-6H,3,7H2. The van der Waals surface area contributed by atoms with E-state index in [-0.39, 0.29) is 17.1 Å². The summed E-state index contributed by atoms with van der Waals surface area (Å²) in [7, 11) is -3.66. The molecule has 0 amide bonds. The summed E-state index contributed by atoms with van der Waals surface area (Å²) in [6, 6.07) is 5.12. The van der Waals surface area contributed by atoms with Crippen LogP contribution in [0.2, 0.25) is 0 Å². The molecule has 14 heavy (non-hydrogen) atoms. The maximum absolute atomic E-state index is 13.0. The highest BCUT2D eigenvalue weighted by Crippen LogP contribution is 2.15. The Morgan fingerprint density at radius 3 is 2.50 bits per heavy atom. The number of aldehydes is 1. The molecule has 0 aliphatic carbocycles. The number of hydrogen-bond acceptors (Lipinski definition) is 3. The molecule has 76 valence electrons. The summed E-state index contributed by atoms with van der Waals surface area (Å²) in [4.78, 5) is 9.66. The Labute approximate surface area is 81.5 Å². The predicted octanol–water partition coefficient (Wildman–Crippen LogP) is 1.19. The van der Waals surface area contributed by atoms with Gasteiger partial charge in [-0.1, -0.05) is 12.1 Å². The predicted molar refractivity (Wildman–Crippen MR) is 49.1 cm³/mol. The maximum atomic E-state index is 13.0. The lowest BCUT2D eigenvalue weighted by atomic mass is 10.3. The zero-order valence-corrected chi connectivity index (χ0v) is 8.13. The van der Waals surface area contributed by atoms with Crippen LogP contribution in [0.4, 0.5) is 4.39 Å². The van der Waals surface area contributed by atoms with Gasteiger partial charge in [-0.3, -0.25) is 0 Å². The average Bonchev–Trinajstić information content (AvgIpc) is 2.15. The van der Waals surface area contributed by atoms with Crippen molar-refractivity contribution in [2.45, 2.75) is 11.3 Å². The van der Waals surface area contributed by atoms with Gasteiger partial charge in [-0.15, -0.1) is 0 Å². The molecule has 0 radical (unpaired) electrons. The average molecular weight is 216 g/mol. The van der Waals surface area contributed by atoms with Crippen molar-refractivity contribution < 1.29 is 17.6 Å². The van der Waals surface area contributed by atoms with Crippen LogP contribution in [0.3, 0.4) is 0 Å². The molecule has 0 aliphatic rings. The number of hydrogen-bond donors (Lipinski definition) is 0. The topological polar surface area (TPSA) is 51.2 Å². The van der Waals surface area contributed by atoms with Gasteiger partial charge in [-0.2, -0.15) is 0 Å². The van der Waals surface area contributed by atoms with Gasteiger partial charge < -0.3 is 4.79 Å². The quantitative estimate of drug-likeness (QED) is 0.710. The molecule has 0 saturated carbocycles. The van der Waals surface area contributed by atoms with E-state index in [9.17, 15) is 17.6 Å². The molecule has 0 N–H and O–H groups in total. The Hall–Kier alpha value is -1.23. The smallest absolute Gasteiger partial charge is 0.181 e. The van der Waals surface area contributed by atoms with Crippen LogP contribution in [0.5, 0.6) is 0 Å². The van der Waals surface area contributed by atoms with Crippen molar-refractivity contribution in [3.05, 3.63) is 30.1 Å². The lowest BCUT2D eigenvalue weighted by molar-refractivity contribution is -0.107. The minimum atomic E-state index is -3.66. The number of carbonyl (C=O) groups excluding carboxylic acids is 1. The Bertz CT molecular complexity index is 425. The highest BCUT2D eigenvalue weighted by atomic mass is 32.2. The van der Waals surface area contributed by atoms with Gasteiger partial charge in [0.15, 0.2) is 9.84 Å². The summed E-state index contributed by atoms with van der Waals surface area (Å²) < 4.78 is 35.9. The summed E-state index contributed by atoms with van der Waals surface area (Å²) in [5, 5.41) is 0. The van der Waals surface area contributed by atoms with Crippen LogP contribution in [-0.4, -0.2) is 20.5 Å². The fourth-order valence-corrected chi connectivity index (χ4v) is 2.29. The van der Waals surface area contributed by atoms with Gasteiger partial charge in [0.25, 0.3) is 0 Å². The molecule has 0 atom stereocenters. The lowest BCUT2D eigenvalue weighted by Gasteiger charge is -2.02. The first kappa shape index (κ1) is 10.8. The molecule has 3 nitrogen and oxygen atoms in total. The van der Waals surface area contributed by atoms with E-state index in [0.717, 1.165) is 6.07 Å². The van der Waals surface area contributed by atoms with E-state index >= 15 is 0 Å². The zero-order valence-electron chi connectivity index (χ0n) is 7.31. The Morgan fingerprint density at radius 1 is 1.29 bits per heavy atom. The van der Waals surface area contributed by atoms with Crippen LogP contribution >= 0.6 is 0 Å². The van der Waals surface area contributed by atoms with Crippen molar-refractivity contribution in [1.82, 2.24) is 0 Å². The van der Waals surface area contributed by atoms with Crippen LogP contribution in [0.1, 0.15) is 6.42 Å². The Morgan fingerprint density at radius 2 is 1.93 bits per heavy atom. The van der Waals surface area contributed by atoms with Gasteiger partial charge in [-0.05, 0) is 12.1 Å². The van der Waals surface area contributed by atoms with Gasteiger partial charge in [0.05, 0.1) is 5.75 Å². The van der Waals surface area contributed by atoms with Crippen molar-refractivity contribution >= 4 is 16.1 Å². The number of rotatable bonds is 4. The van der Waals surface area contributed by atoms with Crippen molar-refractivity contribution in [2.24, 2.45) is 0 Å². The first-order chi connectivity index (χ1) is 6.58. The summed E-state index contributed by atoms with van der Waals surface area (Å²) in [6.45, 7) is 0. The second-order valence-electron chi connectivity index (χ2n) is 2.70. The summed E-state index contributed by atoms with van der Waals surface area (Å²) in [5.74, 6) is -1.13. The van der Waals surface area contributed by atoms with Crippen molar-refractivity contribution in [2.75, 3.05) is 5.75 Å². The Balaban J connectivity index is 3.04. The van der Waals surface area contributed by atoms with Crippen molar-refractivity contribution in [3.8, 4) is 0 Å². The van der Waals surface area contributed by atoms with Gasteiger partial charge >= 0.3 is 0 Å². The van der Waals surface area contributed by atoms with Gasteiger partial charge in [0.2, 0.25) is 0 Å². The fraction of sp³-hybridized carbons (Fsp3) is 0.222. The monoisotopic (exact) mass is 216 g/mol. The largest absolute Gasteiger partial charge is 0.303 e. The van der Waals surface area contributed by atoms with Gasteiger partial charge in [-0.25, -0.2) is 12.8 Å².